The maximum absolute atomic E-state index is 11.9. The molecule has 0 radical (unpaired) electrons. The minimum absolute atomic E-state index is 0.0913. The SMILES string of the molecule is C=CC(=O)Oc1cc(CCCCCCCCC)ccc1Oc1ccc(CCCCCCCCC)cc1O. The van der Waals surface area contributed by atoms with Crippen LogP contribution in [0.5, 0.6) is 23.0 Å². The highest BCUT2D eigenvalue weighted by Gasteiger charge is 2.13. The van der Waals surface area contributed by atoms with Crippen molar-refractivity contribution in [2.75, 3.05) is 0 Å². The predicted octanol–water partition coefficient (Wildman–Crippen LogP) is 9.86. The topological polar surface area (TPSA) is 55.8 Å². The second-order valence-electron chi connectivity index (χ2n) is 10.1. The van der Waals surface area contributed by atoms with Crippen LogP contribution in [-0.4, -0.2) is 11.1 Å². The number of ether oxygens (including phenoxy) is 2. The first-order valence-electron chi connectivity index (χ1n) is 14.5. The van der Waals surface area contributed by atoms with E-state index < -0.39 is 5.97 Å². The van der Waals surface area contributed by atoms with Crippen LogP contribution in [0, 0.1) is 0 Å². The van der Waals surface area contributed by atoms with Crippen LogP contribution >= 0.6 is 0 Å². The molecule has 2 aromatic rings. The lowest BCUT2D eigenvalue weighted by molar-refractivity contribution is -0.129. The van der Waals surface area contributed by atoms with Crippen molar-refractivity contribution in [1.29, 1.82) is 0 Å². The molecule has 0 atom stereocenters. The van der Waals surface area contributed by atoms with Gasteiger partial charge in [-0.25, -0.2) is 4.79 Å². The van der Waals surface area contributed by atoms with E-state index in [9.17, 15) is 9.90 Å². The third kappa shape index (κ3) is 12.4. The number of rotatable bonds is 20. The Bertz CT molecular complexity index is 934. The van der Waals surface area contributed by atoms with E-state index >= 15 is 0 Å². The fraction of sp³-hybridized carbons (Fsp3) is 0.545. The average Bonchev–Trinajstić information content (AvgIpc) is 2.90. The van der Waals surface area contributed by atoms with Gasteiger partial charge in [-0.15, -0.1) is 0 Å². The Labute approximate surface area is 225 Å². The number of phenols is 1. The molecule has 0 saturated carbocycles. The lowest BCUT2D eigenvalue weighted by atomic mass is 10.0. The molecule has 4 nitrogen and oxygen atoms in total. The van der Waals surface area contributed by atoms with Crippen LogP contribution in [0.3, 0.4) is 0 Å². The number of unbranched alkanes of at least 4 members (excludes halogenated alkanes) is 12. The van der Waals surface area contributed by atoms with Gasteiger partial charge in [0.05, 0.1) is 0 Å². The zero-order chi connectivity index (χ0) is 26.7. The zero-order valence-corrected chi connectivity index (χ0v) is 23.2. The molecule has 37 heavy (non-hydrogen) atoms. The van der Waals surface area contributed by atoms with E-state index in [0.29, 0.717) is 17.2 Å². The van der Waals surface area contributed by atoms with E-state index in [-0.39, 0.29) is 5.75 Å². The molecule has 0 aliphatic heterocycles. The van der Waals surface area contributed by atoms with Crippen molar-refractivity contribution >= 4 is 5.97 Å². The van der Waals surface area contributed by atoms with Crippen LogP contribution in [0.25, 0.3) is 0 Å². The lowest BCUT2D eigenvalue weighted by Gasteiger charge is -2.14. The zero-order valence-electron chi connectivity index (χ0n) is 23.2. The maximum atomic E-state index is 11.9. The third-order valence-electron chi connectivity index (χ3n) is 6.77. The fourth-order valence-electron chi connectivity index (χ4n) is 4.52. The molecular formula is C33H48O4. The molecule has 0 heterocycles. The molecule has 204 valence electrons. The number of carbonyl (C=O) groups is 1. The van der Waals surface area contributed by atoms with E-state index in [1.54, 1.807) is 12.1 Å². The number of phenolic OH excluding ortho intramolecular Hbond substituents is 1. The summed E-state index contributed by atoms with van der Waals surface area (Å²) in [7, 11) is 0. The fourth-order valence-corrected chi connectivity index (χ4v) is 4.52. The third-order valence-corrected chi connectivity index (χ3v) is 6.77. The molecule has 0 saturated heterocycles. The Morgan fingerprint density at radius 3 is 1.70 bits per heavy atom. The quantitative estimate of drug-likeness (QED) is 0.0836. The van der Waals surface area contributed by atoms with E-state index in [2.05, 4.69) is 20.4 Å². The van der Waals surface area contributed by atoms with E-state index in [1.165, 1.54) is 77.0 Å². The summed E-state index contributed by atoms with van der Waals surface area (Å²) in [5.74, 6) is 0.644. The molecule has 4 heteroatoms. The first kappa shape index (κ1) is 30.5. The lowest BCUT2D eigenvalue weighted by Crippen LogP contribution is -2.05. The van der Waals surface area contributed by atoms with Crippen molar-refractivity contribution in [2.45, 2.75) is 117 Å². The molecule has 2 rings (SSSR count). The van der Waals surface area contributed by atoms with Crippen molar-refractivity contribution in [2.24, 2.45) is 0 Å². The first-order chi connectivity index (χ1) is 18.1. The number of benzene rings is 2. The van der Waals surface area contributed by atoms with Crippen molar-refractivity contribution in [3.8, 4) is 23.0 Å². The average molecular weight is 509 g/mol. The van der Waals surface area contributed by atoms with E-state index in [1.807, 2.05) is 24.3 Å². The summed E-state index contributed by atoms with van der Waals surface area (Å²) in [6.07, 6.45) is 20.6. The minimum atomic E-state index is -0.535. The summed E-state index contributed by atoms with van der Waals surface area (Å²) in [5, 5.41) is 10.6. The Hall–Kier alpha value is -2.75. The van der Waals surface area contributed by atoms with Crippen molar-refractivity contribution < 1.29 is 19.4 Å². The van der Waals surface area contributed by atoms with Gasteiger partial charge in [0, 0.05) is 6.08 Å². The van der Waals surface area contributed by atoms with Gasteiger partial charge >= 0.3 is 5.97 Å². The summed E-state index contributed by atoms with van der Waals surface area (Å²) in [6, 6.07) is 11.2. The molecule has 1 N–H and O–H groups in total. The van der Waals surface area contributed by atoms with Crippen LogP contribution in [0.15, 0.2) is 49.1 Å². The molecule has 0 aliphatic rings. The molecule has 0 spiro atoms. The molecule has 2 aromatic carbocycles. The molecule has 0 unspecified atom stereocenters. The van der Waals surface area contributed by atoms with Gasteiger partial charge in [-0.3, -0.25) is 0 Å². The van der Waals surface area contributed by atoms with Crippen molar-refractivity contribution in [1.82, 2.24) is 0 Å². The Morgan fingerprint density at radius 1 is 0.703 bits per heavy atom. The van der Waals surface area contributed by atoms with Gasteiger partial charge in [0.1, 0.15) is 0 Å². The number of aromatic hydroxyl groups is 1. The van der Waals surface area contributed by atoms with Gasteiger partial charge in [0.25, 0.3) is 0 Å². The number of hydrogen-bond acceptors (Lipinski definition) is 4. The monoisotopic (exact) mass is 508 g/mol. The van der Waals surface area contributed by atoms with Crippen LogP contribution in [0.2, 0.25) is 0 Å². The maximum Gasteiger partial charge on any atom is 0.335 e. The van der Waals surface area contributed by atoms with Gasteiger partial charge in [-0.05, 0) is 61.1 Å². The van der Waals surface area contributed by atoms with Gasteiger partial charge in [0.15, 0.2) is 23.0 Å². The highest BCUT2D eigenvalue weighted by atomic mass is 16.6. The highest BCUT2D eigenvalue weighted by molar-refractivity contribution is 5.83. The number of carbonyl (C=O) groups excluding carboxylic acids is 1. The molecule has 0 bridgehead atoms. The number of esters is 1. The molecule has 0 aromatic heterocycles. The molecule has 0 aliphatic carbocycles. The normalized spacial score (nSPS) is 10.9. The van der Waals surface area contributed by atoms with E-state index in [4.69, 9.17) is 9.47 Å². The van der Waals surface area contributed by atoms with Crippen LogP contribution < -0.4 is 9.47 Å². The van der Waals surface area contributed by atoms with Crippen molar-refractivity contribution in [3.05, 3.63) is 60.2 Å². The second-order valence-corrected chi connectivity index (χ2v) is 10.1. The molecule has 0 amide bonds. The van der Waals surface area contributed by atoms with Crippen molar-refractivity contribution in [3.63, 3.8) is 0 Å². The number of hydrogen-bond donors (Lipinski definition) is 1. The van der Waals surface area contributed by atoms with Crippen LogP contribution in [0.1, 0.15) is 115 Å². The Kier molecular flexibility index (Phi) is 15.2. The Morgan fingerprint density at radius 2 is 1.19 bits per heavy atom. The summed E-state index contributed by atoms with van der Waals surface area (Å²) >= 11 is 0. The largest absolute Gasteiger partial charge is 0.504 e. The smallest absolute Gasteiger partial charge is 0.335 e. The predicted molar refractivity (Wildman–Crippen MR) is 154 cm³/mol. The summed E-state index contributed by atoms with van der Waals surface area (Å²) in [4.78, 5) is 11.9. The second kappa shape index (κ2) is 18.5. The van der Waals surface area contributed by atoms with Gasteiger partial charge < -0.3 is 14.6 Å². The molecular weight excluding hydrogens is 460 g/mol. The van der Waals surface area contributed by atoms with Crippen LogP contribution in [0.4, 0.5) is 0 Å². The van der Waals surface area contributed by atoms with Gasteiger partial charge in [0.2, 0.25) is 0 Å². The Balaban J connectivity index is 1.94. The standard InChI is InChI=1S/C33H48O4/c1-4-7-9-11-13-15-17-19-27-21-23-30(29(34)25-27)36-31-24-22-28(26-32(31)37-33(35)6-3)20-18-16-14-12-10-8-5-2/h6,21-26,34H,3-5,7-20H2,1-2H3. The van der Waals surface area contributed by atoms with Gasteiger partial charge in [-0.2, -0.15) is 0 Å². The minimum Gasteiger partial charge on any atom is -0.504 e. The first-order valence-corrected chi connectivity index (χ1v) is 14.5. The number of aryl methyl sites for hydroxylation is 2. The summed E-state index contributed by atoms with van der Waals surface area (Å²) in [6.45, 7) is 7.97. The highest BCUT2D eigenvalue weighted by Crippen LogP contribution is 2.37. The van der Waals surface area contributed by atoms with Crippen LogP contribution in [-0.2, 0) is 17.6 Å². The molecule has 0 fully saturated rings. The summed E-state index contributed by atoms with van der Waals surface area (Å²) in [5.41, 5.74) is 2.20. The summed E-state index contributed by atoms with van der Waals surface area (Å²) < 4.78 is 11.5. The van der Waals surface area contributed by atoms with E-state index in [0.717, 1.165) is 42.9 Å². The van der Waals surface area contributed by atoms with Gasteiger partial charge in [-0.1, -0.05) is 110 Å².